The fourth-order valence-corrected chi connectivity index (χ4v) is 4.00. The summed E-state index contributed by atoms with van der Waals surface area (Å²) in [6, 6.07) is 0. The zero-order valence-corrected chi connectivity index (χ0v) is 18.2. The molecule has 0 aromatic heterocycles. The maximum atomic E-state index is 10.2. The number of methoxy groups -OCH3 is 1. The van der Waals surface area contributed by atoms with Gasteiger partial charge in [0.2, 0.25) is 0 Å². The third kappa shape index (κ3) is 9.35. The molecular formula is C20H42O3Si. The van der Waals surface area contributed by atoms with Gasteiger partial charge in [0.25, 0.3) is 0 Å². The average molecular weight is 359 g/mol. The number of unbranched alkanes of at least 4 members (excludes halogenated alkanes) is 2. The van der Waals surface area contributed by atoms with Gasteiger partial charge in [0.05, 0.1) is 12.2 Å². The molecule has 0 saturated carbocycles. The molecule has 0 aliphatic carbocycles. The molecule has 3 atom stereocenters. The molecule has 0 aromatic carbocycles. The number of rotatable bonds is 13. The van der Waals surface area contributed by atoms with E-state index in [2.05, 4.69) is 47.4 Å². The fourth-order valence-electron chi connectivity index (χ4n) is 2.63. The van der Waals surface area contributed by atoms with Crippen LogP contribution in [0.5, 0.6) is 0 Å². The molecule has 3 nitrogen and oxygen atoms in total. The summed E-state index contributed by atoms with van der Waals surface area (Å²) in [5.74, 6) is 0. The highest BCUT2D eigenvalue weighted by molar-refractivity contribution is 6.74. The molecule has 0 radical (unpaired) electrons. The predicted molar refractivity (Wildman–Crippen MR) is 107 cm³/mol. The van der Waals surface area contributed by atoms with Gasteiger partial charge in [-0.25, -0.2) is 0 Å². The first-order valence-corrected chi connectivity index (χ1v) is 12.5. The van der Waals surface area contributed by atoms with Crippen molar-refractivity contribution < 1.29 is 14.3 Å². The topological polar surface area (TPSA) is 38.7 Å². The van der Waals surface area contributed by atoms with Crippen LogP contribution >= 0.6 is 0 Å². The van der Waals surface area contributed by atoms with Crippen molar-refractivity contribution in [2.75, 3.05) is 7.11 Å². The number of aliphatic hydroxyl groups is 1. The van der Waals surface area contributed by atoms with Crippen molar-refractivity contribution in [3.05, 3.63) is 12.7 Å². The Morgan fingerprint density at radius 2 is 1.75 bits per heavy atom. The molecule has 0 aliphatic rings. The van der Waals surface area contributed by atoms with Gasteiger partial charge in [0, 0.05) is 13.2 Å². The van der Waals surface area contributed by atoms with Gasteiger partial charge in [-0.05, 0) is 43.8 Å². The summed E-state index contributed by atoms with van der Waals surface area (Å²) in [6.45, 7) is 17.3. The highest BCUT2D eigenvalue weighted by atomic mass is 28.4. The maximum absolute atomic E-state index is 10.2. The smallest absolute Gasteiger partial charge is 0.192 e. The summed E-state index contributed by atoms with van der Waals surface area (Å²) in [7, 11) is -0.0762. The Balaban J connectivity index is 4.93. The minimum Gasteiger partial charge on any atom is -0.414 e. The number of aliphatic hydroxyl groups excluding tert-OH is 1. The Morgan fingerprint density at radius 3 is 2.21 bits per heavy atom. The van der Waals surface area contributed by atoms with Crippen molar-refractivity contribution in [1.82, 2.24) is 0 Å². The third-order valence-corrected chi connectivity index (χ3v) is 9.76. The zero-order valence-electron chi connectivity index (χ0n) is 17.2. The summed E-state index contributed by atoms with van der Waals surface area (Å²) in [4.78, 5) is 0. The lowest BCUT2D eigenvalue weighted by molar-refractivity contribution is 0.0216. The maximum Gasteiger partial charge on any atom is 0.192 e. The molecule has 0 spiro atoms. The SMILES string of the molecule is C=CC[C@@H](O)C[C@H](C[C@H](CCCCC)OC)O[Si](C)(C)C(C)(C)C. The van der Waals surface area contributed by atoms with Crippen LogP contribution in [0, 0.1) is 0 Å². The number of hydrogen-bond acceptors (Lipinski definition) is 3. The van der Waals surface area contributed by atoms with Crippen LogP contribution in [0.25, 0.3) is 0 Å². The second kappa shape index (κ2) is 11.5. The second-order valence-electron chi connectivity index (χ2n) is 8.50. The van der Waals surface area contributed by atoms with E-state index in [4.69, 9.17) is 9.16 Å². The highest BCUT2D eigenvalue weighted by Crippen LogP contribution is 2.38. The van der Waals surface area contributed by atoms with E-state index in [9.17, 15) is 5.11 Å². The van der Waals surface area contributed by atoms with E-state index < -0.39 is 8.32 Å². The zero-order chi connectivity index (χ0) is 18.8. The molecule has 0 bridgehead atoms. The van der Waals surface area contributed by atoms with Crippen LogP contribution in [0.4, 0.5) is 0 Å². The van der Waals surface area contributed by atoms with Crippen molar-refractivity contribution in [3.63, 3.8) is 0 Å². The van der Waals surface area contributed by atoms with E-state index in [1.165, 1.54) is 19.3 Å². The fraction of sp³-hybridized carbons (Fsp3) is 0.900. The van der Waals surface area contributed by atoms with Gasteiger partial charge < -0.3 is 14.3 Å². The van der Waals surface area contributed by atoms with Gasteiger partial charge in [-0.15, -0.1) is 6.58 Å². The van der Waals surface area contributed by atoms with E-state index in [-0.39, 0.29) is 23.4 Å². The Kier molecular flexibility index (Phi) is 11.4. The van der Waals surface area contributed by atoms with Crippen molar-refractivity contribution in [1.29, 1.82) is 0 Å². The predicted octanol–water partition coefficient (Wildman–Crippen LogP) is 5.69. The molecule has 0 fully saturated rings. The summed E-state index contributed by atoms with van der Waals surface area (Å²) in [5, 5.41) is 10.4. The summed E-state index contributed by atoms with van der Waals surface area (Å²) in [5.41, 5.74) is 0. The standard InChI is InChI=1S/C20H42O3Si/c1-9-11-12-14-18(22-6)16-19(15-17(21)13-10-2)23-24(7,8)20(3,4)5/h10,17-19,21H,2,9,11-16H2,1,3-8H3/t17-,18+,19-/m1/s1. The summed E-state index contributed by atoms with van der Waals surface area (Å²) < 4.78 is 12.3. The minimum atomic E-state index is -1.87. The summed E-state index contributed by atoms with van der Waals surface area (Å²) >= 11 is 0. The van der Waals surface area contributed by atoms with Crippen LogP contribution in [0.2, 0.25) is 18.1 Å². The van der Waals surface area contributed by atoms with Gasteiger partial charge in [-0.3, -0.25) is 0 Å². The summed E-state index contributed by atoms with van der Waals surface area (Å²) in [6.07, 6.45) is 8.52. The largest absolute Gasteiger partial charge is 0.414 e. The Bertz CT molecular complexity index is 336. The van der Waals surface area contributed by atoms with Crippen LogP contribution in [0.3, 0.4) is 0 Å². The molecule has 0 rings (SSSR count). The molecule has 0 heterocycles. The van der Waals surface area contributed by atoms with Gasteiger partial charge in [0.1, 0.15) is 0 Å². The molecule has 24 heavy (non-hydrogen) atoms. The molecule has 0 aromatic rings. The van der Waals surface area contributed by atoms with Crippen molar-refractivity contribution in [3.8, 4) is 0 Å². The molecule has 1 N–H and O–H groups in total. The molecular weight excluding hydrogens is 316 g/mol. The first-order chi connectivity index (χ1) is 11.1. The van der Waals surface area contributed by atoms with E-state index in [0.717, 1.165) is 12.8 Å². The first-order valence-electron chi connectivity index (χ1n) is 9.57. The van der Waals surface area contributed by atoms with Gasteiger partial charge in [-0.1, -0.05) is 53.0 Å². The van der Waals surface area contributed by atoms with Crippen LogP contribution < -0.4 is 0 Å². The lowest BCUT2D eigenvalue weighted by Gasteiger charge is -2.40. The minimum absolute atomic E-state index is 0.0485. The average Bonchev–Trinajstić information content (AvgIpc) is 2.44. The number of hydrogen-bond donors (Lipinski definition) is 1. The molecule has 0 amide bonds. The van der Waals surface area contributed by atoms with E-state index in [1.807, 2.05) is 0 Å². The molecule has 144 valence electrons. The molecule has 4 heteroatoms. The normalized spacial score (nSPS) is 16.7. The van der Waals surface area contributed by atoms with Crippen molar-refractivity contribution >= 4 is 8.32 Å². The quantitative estimate of drug-likeness (QED) is 0.261. The van der Waals surface area contributed by atoms with Gasteiger partial charge in [-0.2, -0.15) is 0 Å². The van der Waals surface area contributed by atoms with Crippen molar-refractivity contribution in [2.24, 2.45) is 0 Å². The van der Waals surface area contributed by atoms with Crippen molar-refractivity contribution in [2.45, 2.75) is 109 Å². The second-order valence-corrected chi connectivity index (χ2v) is 13.3. The van der Waals surface area contributed by atoms with Gasteiger partial charge >= 0.3 is 0 Å². The highest BCUT2D eigenvalue weighted by Gasteiger charge is 2.39. The monoisotopic (exact) mass is 358 g/mol. The Morgan fingerprint density at radius 1 is 1.12 bits per heavy atom. The van der Waals surface area contributed by atoms with Crippen LogP contribution in [0.15, 0.2) is 12.7 Å². The number of ether oxygens (including phenoxy) is 1. The van der Waals surface area contributed by atoms with Crippen LogP contribution in [-0.4, -0.2) is 38.8 Å². The lowest BCUT2D eigenvalue weighted by Crippen LogP contribution is -2.45. The Labute approximate surface area is 152 Å². The third-order valence-electron chi connectivity index (χ3n) is 5.23. The van der Waals surface area contributed by atoms with Crippen LogP contribution in [0.1, 0.15) is 72.6 Å². The molecule has 0 saturated heterocycles. The van der Waals surface area contributed by atoms with Gasteiger partial charge in [0.15, 0.2) is 8.32 Å². The molecule has 0 unspecified atom stereocenters. The van der Waals surface area contributed by atoms with E-state index in [1.54, 1.807) is 13.2 Å². The first kappa shape index (κ1) is 23.8. The Hall–Kier alpha value is -0.163. The lowest BCUT2D eigenvalue weighted by atomic mass is 10.00. The van der Waals surface area contributed by atoms with E-state index in [0.29, 0.717) is 12.8 Å². The molecule has 0 aliphatic heterocycles. The van der Waals surface area contributed by atoms with Crippen LogP contribution in [-0.2, 0) is 9.16 Å². The van der Waals surface area contributed by atoms with E-state index >= 15 is 0 Å².